The number of carbonyl (C=O) groups excluding carboxylic acids is 2. The summed E-state index contributed by atoms with van der Waals surface area (Å²) >= 11 is 1.69. The predicted molar refractivity (Wildman–Crippen MR) is 93.2 cm³/mol. The van der Waals surface area contributed by atoms with Crippen LogP contribution >= 0.6 is 11.8 Å². The van der Waals surface area contributed by atoms with Crippen LogP contribution in [0.4, 0.5) is 0 Å². The molecule has 0 bridgehead atoms. The van der Waals surface area contributed by atoms with Gasteiger partial charge >= 0.3 is 0 Å². The van der Waals surface area contributed by atoms with Gasteiger partial charge in [-0.05, 0) is 19.3 Å². The van der Waals surface area contributed by atoms with Gasteiger partial charge in [-0.25, -0.2) is 0 Å². The third-order valence-corrected chi connectivity index (χ3v) is 5.99. The SMILES string of the molecule is CC(C)(C)C(=O)N1CSCC1C(=O)N1CCCN(C2CC2)CC1. The van der Waals surface area contributed by atoms with Gasteiger partial charge in [-0.1, -0.05) is 20.8 Å². The molecule has 130 valence electrons. The quantitative estimate of drug-likeness (QED) is 0.767. The summed E-state index contributed by atoms with van der Waals surface area (Å²) in [5, 5.41) is 0. The van der Waals surface area contributed by atoms with Crippen molar-refractivity contribution in [1.82, 2.24) is 14.7 Å². The first-order valence-corrected chi connectivity index (χ1v) is 9.95. The molecular weight excluding hydrogens is 310 g/mol. The normalized spacial score (nSPS) is 27.2. The van der Waals surface area contributed by atoms with E-state index in [1.54, 1.807) is 16.7 Å². The Labute approximate surface area is 143 Å². The number of hydrogen-bond acceptors (Lipinski definition) is 4. The molecule has 2 aliphatic heterocycles. The van der Waals surface area contributed by atoms with Gasteiger partial charge in [-0.3, -0.25) is 14.5 Å². The summed E-state index contributed by atoms with van der Waals surface area (Å²) in [6.45, 7) is 9.54. The summed E-state index contributed by atoms with van der Waals surface area (Å²) in [5.74, 6) is 1.64. The zero-order valence-corrected chi connectivity index (χ0v) is 15.4. The molecule has 1 aliphatic carbocycles. The molecule has 0 N–H and O–H groups in total. The number of hydrogen-bond donors (Lipinski definition) is 0. The highest BCUT2D eigenvalue weighted by Crippen LogP contribution is 2.30. The molecule has 0 aromatic rings. The van der Waals surface area contributed by atoms with Crippen molar-refractivity contribution in [3.8, 4) is 0 Å². The van der Waals surface area contributed by atoms with Crippen LogP contribution in [0.2, 0.25) is 0 Å². The maximum atomic E-state index is 13.0. The van der Waals surface area contributed by atoms with Crippen LogP contribution in [0, 0.1) is 5.41 Å². The number of amides is 2. The smallest absolute Gasteiger partial charge is 0.246 e. The first-order chi connectivity index (χ1) is 10.9. The molecule has 0 aromatic heterocycles. The van der Waals surface area contributed by atoms with Gasteiger partial charge in [0, 0.05) is 43.4 Å². The van der Waals surface area contributed by atoms with Crippen LogP contribution in [0.5, 0.6) is 0 Å². The van der Waals surface area contributed by atoms with E-state index in [9.17, 15) is 9.59 Å². The average Bonchev–Trinajstić information content (AvgIpc) is 3.26. The fourth-order valence-electron chi connectivity index (χ4n) is 3.45. The fourth-order valence-corrected chi connectivity index (χ4v) is 4.60. The van der Waals surface area contributed by atoms with Crippen molar-refractivity contribution in [3.63, 3.8) is 0 Å². The highest BCUT2D eigenvalue weighted by Gasteiger charge is 2.41. The van der Waals surface area contributed by atoms with E-state index in [-0.39, 0.29) is 17.9 Å². The van der Waals surface area contributed by atoms with Crippen LogP contribution in [-0.2, 0) is 9.59 Å². The second-order valence-corrected chi connectivity index (χ2v) is 8.99. The monoisotopic (exact) mass is 339 g/mol. The molecule has 2 amide bonds. The first kappa shape index (κ1) is 17.1. The van der Waals surface area contributed by atoms with Crippen molar-refractivity contribution in [2.75, 3.05) is 37.8 Å². The zero-order chi connectivity index (χ0) is 16.6. The van der Waals surface area contributed by atoms with Gasteiger partial charge in [0.15, 0.2) is 0 Å². The minimum atomic E-state index is -0.426. The van der Waals surface area contributed by atoms with E-state index in [2.05, 4.69) is 4.90 Å². The number of rotatable bonds is 2. The predicted octanol–water partition coefficient (Wildman–Crippen LogP) is 1.63. The van der Waals surface area contributed by atoms with Crippen molar-refractivity contribution >= 4 is 23.6 Å². The van der Waals surface area contributed by atoms with E-state index < -0.39 is 5.41 Å². The summed E-state index contributed by atoms with van der Waals surface area (Å²) < 4.78 is 0. The molecule has 1 unspecified atom stereocenters. The number of nitrogens with zero attached hydrogens (tertiary/aromatic N) is 3. The van der Waals surface area contributed by atoms with Crippen molar-refractivity contribution in [3.05, 3.63) is 0 Å². The highest BCUT2D eigenvalue weighted by molar-refractivity contribution is 7.99. The molecular formula is C17H29N3O2S. The lowest BCUT2D eigenvalue weighted by molar-refractivity contribution is -0.147. The van der Waals surface area contributed by atoms with E-state index in [0.29, 0.717) is 5.88 Å². The van der Waals surface area contributed by atoms with Gasteiger partial charge in [0.1, 0.15) is 6.04 Å². The molecule has 6 heteroatoms. The van der Waals surface area contributed by atoms with Crippen molar-refractivity contribution in [1.29, 1.82) is 0 Å². The highest BCUT2D eigenvalue weighted by atomic mass is 32.2. The van der Waals surface area contributed by atoms with Crippen LogP contribution in [0.1, 0.15) is 40.0 Å². The maximum Gasteiger partial charge on any atom is 0.246 e. The first-order valence-electron chi connectivity index (χ1n) is 8.79. The molecule has 2 heterocycles. The van der Waals surface area contributed by atoms with Gasteiger partial charge in [0.2, 0.25) is 11.8 Å². The molecule has 3 aliphatic rings. The molecule has 23 heavy (non-hydrogen) atoms. The number of carbonyl (C=O) groups is 2. The average molecular weight is 340 g/mol. The van der Waals surface area contributed by atoms with Gasteiger partial charge < -0.3 is 9.80 Å². The molecule has 0 radical (unpaired) electrons. The van der Waals surface area contributed by atoms with Crippen molar-refractivity contribution in [2.24, 2.45) is 5.41 Å². The Morgan fingerprint density at radius 2 is 1.78 bits per heavy atom. The van der Waals surface area contributed by atoms with Gasteiger partial charge in [-0.2, -0.15) is 0 Å². The lowest BCUT2D eigenvalue weighted by atomic mass is 9.94. The Kier molecular flexibility index (Phi) is 4.93. The zero-order valence-electron chi connectivity index (χ0n) is 14.6. The van der Waals surface area contributed by atoms with E-state index in [1.807, 2.05) is 25.7 Å². The summed E-state index contributed by atoms with van der Waals surface area (Å²) in [6.07, 6.45) is 3.69. The van der Waals surface area contributed by atoms with Gasteiger partial charge in [0.05, 0.1) is 5.88 Å². The Bertz CT molecular complexity index is 473. The van der Waals surface area contributed by atoms with E-state index in [1.165, 1.54) is 12.8 Å². The third-order valence-electron chi connectivity index (χ3n) is 4.98. The minimum Gasteiger partial charge on any atom is -0.340 e. The summed E-state index contributed by atoms with van der Waals surface area (Å²) in [4.78, 5) is 31.9. The van der Waals surface area contributed by atoms with Crippen LogP contribution in [0.3, 0.4) is 0 Å². The minimum absolute atomic E-state index is 0.0929. The Balaban J connectivity index is 1.63. The molecule has 3 rings (SSSR count). The lowest BCUT2D eigenvalue weighted by Gasteiger charge is -2.32. The second kappa shape index (κ2) is 6.63. The Hall–Kier alpha value is -0.750. The summed E-state index contributed by atoms with van der Waals surface area (Å²) in [6, 6.07) is 0.505. The molecule has 3 fully saturated rings. The van der Waals surface area contributed by atoms with Gasteiger partial charge in [-0.15, -0.1) is 11.8 Å². The third kappa shape index (κ3) is 3.85. The summed E-state index contributed by atoms with van der Waals surface area (Å²) in [5.41, 5.74) is -0.426. The van der Waals surface area contributed by atoms with Crippen molar-refractivity contribution < 1.29 is 9.59 Å². The largest absolute Gasteiger partial charge is 0.340 e. The second-order valence-electron chi connectivity index (χ2n) is 7.99. The molecule has 5 nitrogen and oxygen atoms in total. The topological polar surface area (TPSA) is 43.9 Å². The molecule has 1 saturated carbocycles. The van der Waals surface area contributed by atoms with Crippen LogP contribution < -0.4 is 0 Å². The molecule has 2 saturated heterocycles. The Morgan fingerprint density at radius 3 is 2.43 bits per heavy atom. The van der Waals surface area contributed by atoms with E-state index in [4.69, 9.17) is 0 Å². The van der Waals surface area contributed by atoms with Crippen LogP contribution in [-0.4, -0.2) is 76.4 Å². The Morgan fingerprint density at radius 1 is 1.04 bits per heavy atom. The van der Waals surface area contributed by atoms with E-state index in [0.717, 1.165) is 44.4 Å². The van der Waals surface area contributed by atoms with Crippen molar-refractivity contribution in [2.45, 2.75) is 52.1 Å². The summed E-state index contributed by atoms with van der Waals surface area (Å²) in [7, 11) is 0. The lowest BCUT2D eigenvalue weighted by Crippen LogP contribution is -2.52. The maximum absolute atomic E-state index is 13.0. The molecule has 0 aromatic carbocycles. The molecule has 1 atom stereocenters. The van der Waals surface area contributed by atoms with Crippen LogP contribution in [0.25, 0.3) is 0 Å². The fraction of sp³-hybridized carbons (Fsp3) is 0.882. The van der Waals surface area contributed by atoms with E-state index >= 15 is 0 Å². The standard InChI is InChI=1S/C17H29N3O2S/c1-17(2,3)16(22)20-12-23-11-14(20)15(21)19-8-4-7-18(9-10-19)13-5-6-13/h13-14H,4-12H2,1-3H3. The number of thioether (sulfide) groups is 1. The van der Waals surface area contributed by atoms with Gasteiger partial charge in [0.25, 0.3) is 0 Å². The molecule has 0 spiro atoms. The van der Waals surface area contributed by atoms with Crippen LogP contribution in [0.15, 0.2) is 0 Å².